The first-order chi connectivity index (χ1) is 18.8. The van der Waals surface area contributed by atoms with E-state index in [1.165, 1.54) is 11.1 Å². The fourth-order valence-electron chi connectivity index (χ4n) is 4.69. The molecule has 1 aromatic heterocycles. The zero-order valence-corrected chi connectivity index (χ0v) is 24.1. The first kappa shape index (κ1) is 28.7. The lowest BCUT2D eigenvalue weighted by molar-refractivity contribution is -0.120. The molecule has 0 fully saturated rings. The number of fused-ring (bicyclic) bond motifs is 1. The third-order valence-corrected chi connectivity index (χ3v) is 7.18. The molecule has 0 atom stereocenters. The van der Waals surface area contributed by atoms with E-state index in [1.807, 2.05) is 30.3 Å². The summed E-state index contributed by atoms with van der Waals surface area (Å²) in [6.07, 6.45) is 5.24. The smallest absolute Gasteiger partial charge is 0.224 e. The summed E-state index contributed by atoms with van der Waals surface area (Å²) in [5.41, 5.74) is 4.64. The van der Waals surface area contributed by atoms with Gasteiger partial charge in [-0.2, -0.15) is 0 Å². The van der Waals surface area contributed by atoms with Crippen LogP contribution in [0, 0.1) is 0 Å². The number of para-hydroxylation sites is 2. The molecule has 4 aromatic rings. The van der Waals surface area contributed by atoms with Gasteiger partial charge >= 0.3 is 0 Å². The van der Waals surface area contributed by atoms with Gasteiger partial charge in [0.1, 0.15) is 11.6 Å². The van der Waals surface area contributed by atoms with Crippen molar-refractivity contribution in [3.8, 4) is 5.75 Å². The number of amides is 1. The Hall–Kier alpha value is -3.31. The predicted octanol–water partition coefficient (Wildman–Crippen LogP) is 7.53. The van der Waals surface area contributed by atoms with Crippen LogP contribution in [0.3, 0.4) is 0 Å². The maximum atomic E-state index is 12.2. The molecule has 0 saturated carbocycles. The molecule has 0 bridgehead atoms. The van der Waals surface area contributed by atoms with Gasteiger partial charge < -0.3 is 14.6 Å². The van der Waals surface area contributed by atoms with Crippen molar-refractivity contribution in [1.82, 2.24) is 14.9 Å². The van der Waals surface area contributed by atoms with Gasteiger partial charge in [0.15, 0.2) is 0 Å². The molecule has 0 aliphatic rings. The number of nitrogens with one attached hydrogen (secondary N) is 1. The second kappa shape index (κ2) is 13.7. The van der Waals surface area contributed by atoms with Gasteiger partial charge in [0.05, 0.1) is 24.1 Å². The Morgan fingerprint density at radius 1 is 0.923 bits per heavy atom. The average Bonchev–Trinajstić information content (AvgIpc) is 3.27. The Bertz CT molecular complexity index is 1340. The molecule has 4 rings (SSSR count). The van der Waals surface area contributed by atoms with Crippen LogP contribution >= 0.6 is 11.6 Å². The number of halogens is 1. The summed E-state index contributed by atoms with van der Waals surface area (Å²) < 4.78 is 8.38. The van der Waals surface area contributed by atoms with Crippen LogP contribution in [0.1, 0.15) is 63.4 Å². The Kier molecular flexibility index (Phi) is 10.0. The number of carbonyl (C=O) groups excluding carboxylic acids is 1. The van der Waals surface area contributed by atoms with Crippen molar-refractivity contribution in [1.29, 1.82) is 0 Å². The lowest BCUT2D eigenvalue weighted by Gasteiger charge is -2.19. The van der Waals surface area contributed by atoms with Gasteiger partial charge in [-0.1, -0.05) is 75.2 Å². The third kappa shape index (κ3) is 8.59. The molecule has 206 valence electrons. The quantitative estimate of drug-likeness (QED) is 0.177. The highest BCUT2D eigenvalue weighted by Crippen LogP contribution is 2.24. The molecule has 39 heavy (non-hydrogen) atoms. The van der Waals surface area contributed by atoms with E-state index in [9.17, 15) is 4.79 Å². The number of carbonyl (C=O) groups is 1. The van der Waals surface area contributed by atoms with Crippen LogP contribution in [0.5, 0.6) is 5.75 Å². The van der Waals surface area contributed by atoms with E-state index >= 15 is 0 Å². The summed E-state index contributed by atoms with van der Waals surface area (Å²) in [7, 11) is 0. The second-order valence-electron chi connectivity index (χ2n) is 11.1. The summed E-state index contributed by atoms with van der Waals surface area (Å²) in [5, 5.41) is 3.71. The molecule has 6 heteroatoms. The van der Waals surface area contributed by atoms with Crippen LogP contribution < -0.4 is 10.1 Å². The number of nitrogens with zero attached hydrogens (tertiary/aromatic N) is 2. The zero-order chi connectivity index (χ0) is 27.7. The second-order valence-corrected chi connectivity index (χ2v) is 11.5. The molecule has 1 N–H and O–H groups in total. The van der Waals surface area contributed by atoms with E-state index in [-0.39, 0.29) is 11.3 Å². The number of benzene rings is 3. The van der Waals surface area contributed by atoms with E-state index in [4.69, 9.17) is 21.3 Å². The van der Waals surface area contributed by atoms with Gasteiger partial charge in [0.25, 0.3) is 0 Å². The summed E-state index contributed by atoms with van der Waals surface area (Å²) in [5.74, 6) is 2.09. The van der Waals surface area contributed by atoms with Gasteiger partial charge in [-0.15, -0.1) is 0 Å². The SMILES string of the molecule is CC(C)(C)c1ccc(OCCCn2c(CCCCCNC(=O)Cc3ccc(Cl)cc3)nc3ccccc32)cc1. The highest BCUT2D eigenvalue weighted by atomic mass is 35.5. The van der Waals surface area contributed by atoms with Gasteiger partial charge in [0.2, 0.25) is 5.91 Å². The molecule has 0 unspecified atom stereocenters. The van der Waals surface area contributed by atoms with Crippen LogP contribution in [0.4, 0.5) is 0 Å². The Morgan fingerprint density at radius 3 is 2.41 bits per heavy atom. The Morgan fingerprint density at radius 2 is 1.67 bits per heavy atom. The van der Waals surface area contributed by atoms with Gasteiger partial charge in [0, 0.05) is 24.5 Å². The lowest BCUT2D eigenvalue weighted by Crippen LogP contribution is -2.26. The Balaban J connectivity index is 1.21. The molecule has 0 aliphatic carbocycles. The predicted molar refractivity (Wildman–Crippen MR) is 161 cm³/mol. The van der Waals surface area contributed by atoms with Gasteiger partial charge in [-0.3, -0.25) is 4.79 Å². The fraction of sp³-hybridized carbons (Fsp3) is 0.394. The van der Waals surface area contributed by atoms with Gasteiger partial charge in [-0.05, 0) is 72.2 Å². The van der Waals surface area contributed by atoms with Crippen LogP contribution in [-0.4, -0.2) is 28.6 Å². The van der Waals surface area contributed by atoms with Crippen LogP contribution in [0.25, 0.3) is 11.0 Å². The number of hydrogen-bond acceptors (Lipinski definition) is 3. The average molecular weight is 546 g/mol. The number of aromatic nitrogens is 2. The Labute approximate surface area is 237 Å². The fourth-order valence-corrected chi connectivity index (χ4v) is 4.82. The number of ether oxygens (including phenoxy) is 1. The topological polar surface area (TPSA) is 56.1 Å². The highest BCUT2D eigenvalue weighted by Gasteiger charge is 2.13. The first-order valence-electron chi connectivity index (χ1n) is 14.0. The van der Waals surface area contributed by atoms with E-state index in [0.717, 1.165) is 61.3 Å². The normalized spacial score (nSPS) is 11.6. The minimum absolute atomic E-state index is 0.0477. The van der Waals surface area contributed by atoms with Crippen molar-refractivity contribution in [2.24, 2.45) is 0 Å². The molecule has 0 spiro atoms. The number of rotatable bonds is 13. The van der Waals surface area contributed by atoms with E-state index in [2.05, 4.69) is 73.1 Å². The first-order valence-corrected chi connectivity index (χ1v) is 14.4. The standard InChI is InChI=1S/C33H40ClN3O2/c1-33(2,3)26-15-19-28(20-16-26)39-23-9-22-37-30-11-7-6-10-29(30)36-31(37)12-5-4-8-21-35-32(38)24-25-13-17-27(34)18-14-25/h6-7,10-11,13-20H,4-5,8-9,12,21-24H2,1-3H3,(H,35,38). The number of unbranched alkanes of at least 4 members (excludes halogenated alkanes) is 2. The monoisotopic (exact) mass is 545 g/mol. The molecule has 1 heterocycles. The summed E-state index contributed by atoms with van der Waals surface area (Å²) in [6, 6.07) is 24.2. The summed E-state index contributed by atoms with van der Waals surface area (Å²) in [6.45, 7) is 8.89. The van der Waals surface area contributed by atoms with E-state index in [0.29, 0.717) is 24.6 Å². The van der Waals surface area contributed by atoms with Crippen molar-refractivity contribution in [2.75, 3.05) is 13.2 Å². The maximum absolute atomic E-state index is 12.2. The maximum Gasteiger partial charge on any atom is 0.224 e. The summed E-state index contributed by atoms with van der Waals surface area (Å²) >= 11 is 5.92. The van der Waals surface area contributed by atoms with Gasteiger partial charge in [-0.25, -0.2) is 4.98 Å². The van der Waals surface area contributed by atoms with E-state index < -0.39 is 0 Å². The summed E-state index contributed by atoms with van der Waals surface area (Å²) in [4.78, 5) is 17.1. The van der Waals surface area contributed by atoms with Crippen LogP contribution in [0.15, 0.2) is 72.8 Å². The minimum Gasteiger partial charge on any atom is -0.494 e. The van der Waals surface area contributed by atoms with Crippen molar-refractivity contribution in [2.45, 2.75) is 71.3 Å². The molecule has 1 amide bonds. The van der Waals surface area contributed by atoms with Crippen molar-refractivity contribution in [3.63, 3.8) is 0 Å². The molecule has 0 radical (unpaired) electrons. The number of hydrogen-bond donors (Lipinski definition) is 1. The van der Waals surface area contributed by atoms with Crippen molar-refractivity contribution in [3.05, 3.63) is 94.8 Å². The van der Waals surface area contributed by atoms with Crippen LogP contribution in [-0.2, 0) is 29.6 Å². The molecular weight excluding hydrogens is 506 g/mol. The lowest BCUT2D eigenvalue weighted by atomic mass is 9.87. The third-order valence-electron chi connectivity index (χ3n) is 6.93. The number of aryl methyl sites for hydroxylation is 2. The molecule has 3 aromatic carbocycles. The highest BCUT2D eigenvalue weighted by molar-refractivity contribution is 6.30. The van der Waals surface area contributed by atoms with E-state index in [1.54, 1.807) is 0 Å². The molecule has 5 nitrogen and oxygen atoms in total. The number of imidazole rings is 1. The molecule has 0 saturated heterocycles. The van der Waals surface area contributed by atoms with Crippen molar-refractivity contribution < 1.29 is 9.53 Å². The van der Waals surface area contributed by atoms with Crippen molar-refractivity contribution >= 4 is 28.5 Å². The largest absolute Gasteiger partial charge is 0.494 e. The van der Waals surface area contributed by atoms with Crippen LogP contribution in [0.2, 0.25) is 5.02 Å². The molecular formula is C33H40ClN3O2. The minimum atomic E-state index is 0.0477. The molecule has 0 aliphatic heterocycles. The zero-order valence-electron chi connectivity index (χ0n) is 23.4.